The fourth-order valence-corrected chi connectivity index (χ4v) is 1.90. The van der Waals surface area contributed by atoms with Crippen LogP contribution in [-0.2, 0) is 0 Å². The van der Waals surface area contributed by atoms with E-state index in [9.17, 15) is 0 Å². The predicted molar refractivity (Wildman–Crippen MR) is 69.0 cm³/mol. The Labute approximate surface area is 96.2 Å². The van der Waals surface area contributed by atoms with Crippen molar-refractivity contribution in [1.29, 1.82) is 0 Å². The van der Waals surface area contributed by atoms with Gasteiger partial charge in [-0.3, -0.25) is 0 Å². The van der Waals surface area contributed by atoms with E-state index in [2.05, 4.69) is 32.6 Å². The lowest BCUT2D eigenvalue weighted by atomic mass is 10.0. The van der Waals surface area contributed by atoms with Crippen molar-refractivity contribution >= 4 is 0 Å². The largest absolute Gasteiger partial charge is 0.330 e. The average Bonchev–Trinajstić information content (AvgIpc) is 2.25. The molecule has 0 aliphatic carbocycles. The molecular formula is C13H30N2. The van der Waals surface area contributed by atoms with Crippen molar-refractivity contribution in [2.24, 2.45) is 17.6 Å². The molecule has 0 bridgehead atoms. The number of nitrogens with zero attached hydrogens (tertiary/aromatic N) is 1. The van der Waals surface area contributed by atoms with Gasteiger partial charge >= 0.3 is 0 Å². The van der Waals surface area contributed by atoms with Crippen molar-refractivity contribution in [3.8, 4) is 0 Å². The van der Waals surface area contributed by atoms with E-state index >= 15 is 0 Å². The Morgan fingerprint density at radius 1 is 1.07 bits per heavy atom. The summed E-state index contributed by atoms with van der Waals surface area (Å²) in [5.41, 5.74) is 5.53. The third-order valence-corrected chi connectivity index (χ3v) is 3.18. The molecule has 92 valence electrons. The zero-order valence-corrected chi connectivity index (χ0v) is 11.1. The van der Waals surface area contributed by atoms with E-state index in [0.717, 1.165) is 18.4 Å². The van der Waals surface area contributed by atoms with Crippen molar-refractivity contribution in [3.63, 3.8) is 0 Å². The van der Waals surface area contributed by atoms with Crippen LogP contribution >= 0.6 is 0 Å². The van der Waals surface area contributed by atoms with Gasteiger partial charge in [0, 0.05) is 13.1 Å². The maximum atomic E-state index is 5.53. The number of hydrogen-bond donors (Lipinski definition) is 1. The van der Waals surface area contributed by atoms with Crippen LogP contribution in [-0.4, -0.2) is 31.1 Å². The second kappa shape index (κ2) is 9.17. The first kappa shape index (κ1) is 14.9. The van der Waals surface area contributed by atoms with Gasteiger partial charge in [-0.25, -0.2) is 0 Å². The molecule has 0 spiro atoms. The fraction of sp³-hybridized carbons (Fsp3) is 1.00. The van der Waals surface area contributed by atoms with Crippen LogP contribution in [0.1, 0.15) is 47.0 Å². The molecule has 0 aliphatic heterocycles. The molecule has 0 aliphatic rings. The Morgan fingerprint density at radius 2 is 1.67 bits per heavy atom. The minimum Gasteiger partial charge on any atom is -0.330 e. The maximum Gasteiger partial charge on any atom is 0.000702 e. The zero-order chi connectivity index (χ0) is 11.7. The maximum absolute atomic E-state index is 5.53. The quantitative estimate of drug-likeness (QED) is 0.639. The first-order chi connectivity index (χ1) is 7.13. The summed E-state index contributed by atoms with van der Waals surface area (Å²) in [6, 6.07) is 0. The van der Waals surface area contributed by atoms with E-state index in [-0.39, 0.29) is 0 Å². The minimum atomic E-state index is 0.789. The molecule has 15 heavy (non-hydrogen) atoms. The Balaban J connectivity index is 3.76. The molecule has 0 amide bonds. The van der Waals surface area contributed by atoms with Gasteiger partial charge in [0.05, 0.1) is 0 Å². The summed E-state index contributed by atoms with van der Waals surface area (Å²) in [4.78, 5) is 2.58. The molecule has 0 fully saturated rings. The van der Waals surface area contributed by atoms with Crippen LogP contribution in [0.25, 0.3) is 0 Å². The molecule has 0 rings (SSSR count). The molecule has 0 saturated heterocycles. The van der Waals surface area contributed by atoms with Crippen molar-refractivity contribution in [3.05, 3.63) is 0 Å². The summed E-state index contributed by atoms with van der Waals surface area (Å²) < 4.78 is 0. The van der Waals surface area contributed by atoms with Crippen molar-refractivity contribution in [2.45, 2.75) is 47.0 Å². The van der Waals surface area contributed by atoms with Crippen LogP contribution in [0.4, 0.5) is 0 Å². The van der Waals surface area contributed by atoms with Crippen LogP contribution in [0.3, 0.4) is 0 Å². The molecule has 2 nitrogen and oxygen atoms in total. The highest BCUT2D eigenvalue weighted by atomic mass is 15.1. The highest BCUT2D eigenvalue weighted by molar-refractivity contribution is 4.64. The van der Waals surface area contributed by atoms with E-state index in [0.29, 0.717) is 0 Å². The van der Waals surface area contributed by atoms with E-state index in [1.54, 1.807) is 0 Å². The number of rotatable bonds is 9. The van der Waals surface area contributed by atoms with Gasteiger partial charge in [-0.1, -0.05) is 34.1 Å². The lowest BCUT2D eigenvalue weighted by Gasteiger charge is -2.26. The molecule has 2 atom stereocenters. The monoisotopic (exact) mass is 214 g/mol. The summed E-state index contributed by atoms with van der Waals surface area (Å²) in [5, 5.41) is 0. The van der Waals surface area contributed by atoms with Gasteiger partial charge in [0.25, 0.3) is 0 Å². The molecule has 0 radical (unpaired) electrons. The molecular weight excluding hydrogens is 184 g/mol. The summed E-state index contributed by atoms with van der Waals surface area (Å²) in [5.74, 6) is 1.62. The topological polar surface area (TPSA) is 29.3 Å². The summed E-state index contributed by atoms with van der Waals surface area (Å²) >= 11 is 0. The van der Waals surface area contributed by atoms with Gasteiger partial charge in [0.15, 0.2) is 0 Å². The second-order valence-corrected chi connectivity index (χ2v) is 4.90. The summed E-state index contributed by atoms with van der Waals surface area (Å²) in [7, 11) is 0. The van der Waals surface area contributed by atoms with Gasteiger partial charge in [0.2, 0.25) is 0 Å². The molecule has 0 aromatic heterocycles. The SMILES string of the molecule is CCC(C)CN(CC)CC(C)CCCN. The molecule has 0 aromatic carbocycles. The van der Waals surface area contributed by atoms with Gasteiger partial charge in [-0.15, -0.1) is 0 Å². The third kappa shape index (κ3) is 7.80. The average molecular weight is 214 g/mol. The minimum absolute atomic E-state index is 0.789. The van der Waals surface area contributed by atoms with E-state index < -0.39 is 0 Å². The lowest BCUT2D eigenvalue weighted by Crippen LogP contribution is -2.32. The van der Waals surface area contributed by atoms with Crippen LogP contribution in [0.5, 0.6) is 0 Å². The summed E-state index contributed by atoms with van der Waals surface area (Å²) in [6.07, 6.45) is 3.73. The highest BCUT2D eigenvalue weighted by Gasteiger charge is 2.10. The first-order valence-corrected chi connectivity index (χ1v) is 6.56. The Hall–Kier alpha value is -0.0800. The molecule has 0 saturated carbocycles. The van der Waals surface area contributed by atoms with Gasteiger partial charge < -0.3 is 10.6 Å². The third-order valence-electron chi connectivity index (χ3n) is 3.18. The molecule has 2 N–H and O–H groups in total. The standard InChI is InChI=1S/C13H30N2/c1-5-12(3)10-15(6-2)11-13(4)8-7-9-14/h12-13H,5-11,14H2,1-4H3. The number of hydrogen-bond acceptors (Lipinski definition) is 2. The first-order valence-electron chi connectivity index (χ1n) is 6.56. The van der Waals surface area contributed by atoms with Crippen molar-refractivity contribution < 1.29 is 0 Å². The normalized spacial score (nSPS) is 15.6. The Kier molecular flexibility index (Phi) is 9.12. The molecule has 0 heterocycles. The second-order valence-electron chi connectivity index (χ2n) is 4.90. The van der Waals surface area contributed by atoms with E-state index in [4.69, 9.17) is 5.73 Å². The van der Waals surface area contributed by atoms with Crippen LogP contribution < -0.4 is 5.73 Å². The van der Waals surface area contributed by atoms with E-state index in [1.807, 2.05) is 0 Å². The predicted octanol–water partition coefficient (Wildman–Crippen LogP) is 2.73. The fourth-order valence-electron chi connectivity index (χ4n) is 1.90. The van der Waals surface area contributed by atoms with Crippen LogP contribution in [0, 0.1) is 11.8 Å². The number of nitrogens with two attached hydrogens (primary N) is 1. The van der Waals surface area contributed by atoms with E-state index in [1.165, 1.54) is 38.9 Å². The van der Waals surface area contributed by atoms with Crippen molar-refractivity contribution in [2.75, 3.05) is 26.2 Å². The molecule has 2 unspecified atom stereocenters. The van der Waals surface area contributed by atoms with Gasteiger partial charge in [0.1, 0.15) is 0 Å². The zero-order valence-electron chi connectivity index (χ0n) is 11.1. The van der Waals surface area contributed by atoms with Crippen molar-refractivity contribution in [1.82, 2.24) is 4.90 Å². The van der Waals surface area contributed by atoms with Gasteiger partial charge in [-0.05, 0) is 37.8 Å². The Bertz CT molecular complexity index is 136. The van der Waals surface area contributed by atoms with Crippen LogP contribution in [0.15, 0.2) is 0 Å². The Morgan fingerprint density at radius 3 is 2.13 bits per heavy atom. The molecule has 2 heteroatoms. The molecule has 0 aromatic rings. The van der Waals surface area contributed by atoms with Gasteiger partial charge in [-0.2, -0.15) is 0 Å². The lowest BCUT2D eigenvalue weighted by molar-refractivity contribution is 0.210. The summed E-state index contributed by atoms with van der Waals surface area (Å²) in [6.45, 7) is 13.7. The highest BCUT2D eigenvalue weighted by Crippen LogP contribution is 2.10. The van der Waals surface area contributed by atoms with Crippen LogP contribution in [0.2, 0.25) is 0 Å². The smallest absolute Gasteiger partial charge is 0.000702 e.